The Bertz CT molecular complexity index is 565. The van der Waals surface area contributed by atoms with Gasteiger partial charge < -0.3 is 9.84 Å². The van der Waals surface area contributed by atoms with E-state index in [9.17, 15) is 9.50 Å². The number of hydrogen-bond acceptors (Lipinski definition) is 3. The van der Waals surface area contributed by atoms with E-state index in [1.807, 2.05) is 6.92 Å². The summed E-state index contributed by atoms with van der Waals surface area (Å²) in [6, 6.07) is 4.79. The summed E-state index contributed by atoms with van der Waals surface area (Å²) in [6.07, 6.45) is 0.382. The van der Waals surface area contributed by atoms with Gasteiger partial charge in [0.25, 0.3) is 0 Å². The first-order chi connectivity index (χ1) is 9.10. The molecule has 0 radical (unpaired) electrons. The van der Waals surface area contributed by atoms with Crippen LogP contribution in [0.4, 0.5) is 4.39 Å². The van der Waals surface area contributed by atoms with E-state index < -0.39 is 11.9 Å². The Hall–Kier alpha value is -1.40. The highest BCUT2D eigenvalue weighted by Gasteiger charge is 2.24. The van der Waals surface area contributed by atoms with Crippen LogP contribution in [-0.2, 0) is 6.54 Å². The zero-order valence-electron chi connectivity index (χ0n) is 10.6. The minimum absolute atomic E-state index is 0.183. The minimum atomic E-state index is -1.13. The number of aliphatic hydroxyl groups is 1. The van der Waals surface area contributed by atoms with Gasteiger partial charge in [0.05, 0.1) is 17.8 Å². The van der Waals surface area contributed by atoms with Crippen LogP contribution >= 0.6 is 15.9 Å². The average Bonchev–Trinajstić information content (AvgIpc) is 2.84. The molecule has 0 bridgehead atoms. The number of aliphatic hydroxyl groups excluding tert-OH is 1. The van der Waals surface area contributed by atoms with Gasteiger partial charge in [-0.25, -0.2) is 4.39 Å². The summed E-state index contributed by atoms with van der Waals surface area (Å²) in [6.45, 7) is 2.45. The highest BCUT2D eigenvalue weighted by molar-refractivity contribution is 9.10. The molecule has 19 heavy (non-hydrogen) atoms. The zero-order valence-corrected chi connectivity index (χ0v) is 12.2. The van der Waals surface area contributed by atoms with Crippen LogP contribution in [0.2, 0.25) is 0 Å². The Morgan fingerprint density at radius 1 is 1.53 bits per heavy atom. The lowest BCUT2D eigenvalue weighted by Gasteiger charge is -2.15. The highest BCUT2D eigenvalue weighted by Crippen LogP contribution is 2.33. The summed E-state index contributed by atoms with van der Waals surface area (Å²) in [5.74, 6) is -0.0466. The second-order valence-corrected chi connectivity index (χ2v) is 4.81. The Morgan fingerprint density at radius 3 is 2.89 bits per heavy atom. The summed E-state index contributed by atoms with van der Waals surface area (Å²) in [4.78, 5) is 0. The van der Waals surface area contributed by atoms with Crippen molar-refractivity contribution in [1.29, 1.82) is 0 Å². The predicted molar refractivity (Wildman–Crippen MR) is 72.6 cm³/mol. The molecule has 4 nitrogen and oxygen atoms in total. The van der Waals surface area contributed by atoms with Crippen molar-refractivity contribution in [3.05, 3.63) is 45.9 Å². The van der Waals surface area contributed by atoms with E-state index in [-0.39, 0.29) is 5.56 Å². The van der Waals surface area contributed by atoms with E-state index in [0.717, 1.165) is 0 Å². The fraction of sp³-hybridized carbons (Fsp3) is 0.308. The molecule has 1 aromatic carbocycles. The maximum absolute atomic E-state index is 14.0. The van der Waals surface area contributed by atoms with Crippen molar-refractivity contribution < 1.29 is 14.2 Å². The summed E-state index contributed by atoms with van der Waals surface area (Å²) < 4.78 is 21.1. The van der Waals surface area contributed by atoms with Gasteiger partial charge >= 0.3 is 0 Å². The largest absolute Gasteiger partial charge is 0.493 e. The zero-order chi connectivity index (χ0) is 14.0. The Labute approximate surface area is 118 Å². The molecule has 1 aromatic heterocycles. The number of aromatic nitrogens is 2. The Balaban J connectivity index is 2.52. The summed E-state index contributed by atoms with van der Waals surface area (Å²) >= 11 is 3.11. The monoisotopic (exact) mass is 328 g/mol. The van der Waals surface area contributed by atoms with Crippen LogP contribution < -0.4 is 4.74 Å². The molecule has 0 saturated carbocycles. The lowest BCUT2D eigenvalue weighted by atomic mass is 10.1. The molecule has 2 rings (SSSR count). The molecule has 0 aliphatic carbocycles. The smallest absolute Gasteiger partial charge is 0.163 e. The van der Waals surface area contributed by atoms with Crippen LogP contribution in [0.3, 0.4) is 0 Å². The third-order valence-electron chi connectivity index (χ3n) is 2.90. The van der Waals surface area contributed by atoms with Gasteiger partial charge in [0.15, 0.2) is 5.75 Å². The van der Waals surface area contributed by atoms with Gasteiger partial charge in [-0.15, -0.1) is 0 Å². The molecule has 1 unspecified atom stereocenters. The first-order valence-electron chi connectivity index (χ1n) is 5.81. The molecule has 1 heterocycles. The van der Waals surface area contributed by atoms with Crippen LogP contribution in [-0.4, -0.2) is 22.0 Å². The number of benzene rings is 1. The lowest BCUT2D eigenvalue weighted by Crippen LogP contribution is -2.11. The summed E-state index contributed by atoms with van der Waals surface area (Å²) in [5, 5.41) is 14.5. The van der Waals surface area contributed by atoms with Crippen molar-refractivity contribution in [2.45, 2.75) is 19.6 Å². The second-order valence-electron chi connectivity index (χ2n) is 3.96. The van der Waals surface area contributed by atoms with Crippen LogP contribution in [0, 0.1) is 5.82 Å². The quantitative estimate of drug-likeness (QED) is 0.938. The van der Waals surface area contributed by atoms with Crippen molar-refractivity contribution in [3.8, 4) is 5.75 Å². The Kier molecular flexibility index (Phi) is 4.21. The molecule has 0 saturated heterocycles. The molecule has 102 valence electrons. The molecule has 0 amide bonds. The average molecular weight is 329 g/mol. The summed E-state index contributed by atoms with van der Waals surface area (Å²) in [5.41, 5.74) is 0.630. The maximum Gasteiger partial charge on any atom is 0.163 e. The van der Waals surface area contributed by atoms with Gasteiger partial charge in [0, 0.05) is 12.1 Å². The molecule has 0 aliphatic rings. The SMILES string of the molecule is CCn1ncc(OC)c1C(O)c1cccc(Br)c1F. The maximum atomic E-state index is 14.0. The number of ether oxygens (including phenoxy) is 1. The molecular weight excluding hydrogens is 315 g/mol. The molecule has 1 N–H and O–H groups in total. The first kappa shape index (κ1) is 14.0. The summed E-state index contributed by atoms with van der Waals surface area (Å²) in [7, 11) is 1.49. The fourth-order valence-electron chi connectivity index (χ4n) is 1.94. The van der Waals surface area contributed by atoms with Crippen LogP contribution in [0.25, 0.3) is 0 Å². The van der Waals surface area contributed by atoms with Crippen molar-refractivity contribution in [2.75, 3.05) is 7.11 Å². The van der Waals surface area contributed by atoms with Crippen LogP contribution in [0.1, 0.15) is 24.3 Å². The van der Waals surface area contributed by atoms with Gasteiger partial charge in [-0.3, -0.25) is 4.68 Å². The number of aryl methyl sites for hydroxylation is 1. The van der Waals surface area contributed by atoms with Crippen molar-refractivity contribution in [1.82, 2.24) is 9.78 Å². The third kappa shape index (κ3) is 2.50. The number of methoxy groups -OCH3 is 1. The van der Waals surface area contributed by atoms with Crippen molar-refractivity contribution in [2.24, 2.45) is 0 Å². The molecular formula is C13H14BrFN2O2. The normalized spacial score (nSPS) is 12.5. The number of rotatable bonds is 4. The van der Waals surface area contributed by atoms with Gasteiger partial charge in [-0.1, -0.05) is 12.1 Å². The predicted octanol–water partition coefficient (Wildman–Crippen LogP) is 2.89. The fourth-order valence-corrected chi connectivity index (χ4v) is 2.32. The van der Waals surface area contributed by atoms with E-state index >= 15 is 0 Å². The number of nitrogens with zero attached hydrogens (tertiary/aromatic N) is 2. The topological polar surface area (TPSA) is 47.3 Å². The van der Waals surface area contributed by atoms with E-state index in [2.05, 4.69) is 21.0 Å². The van der Waals surface area contributed by atoms with E-state index in [1.54, 1.807) is 16.8 Å². The number of hydrogen-bond donors (Lipinski definition) is 1. The highest BCUT2D eigenvalue weighted by atomic mass is 79.9. The second kappa shape index (κ2) is 5.71. The van der Waals surface area contributed by atoms with Crippen molar-refractivity contribution >= 4 is 15.9 Å². The number of halogens is 2. The van der Waals surface area contributed by atoms with Gasteiger partial charge in [0.2, 0.25) is 0 Å². The molecule has 6 heteroatoms. The van der Waals surface area contributed by atoms with Crippen molar-refractivity contribution in [3.63, 3.8) is 0 Å². The van der Waals surface area contributed by atoms with E-state index in [1.165, 1.54) is 19.4 Å². The van der Waals surface area contributed by atoms with E-state index in [0.29, 0.717) is 22.5 Å². The molecule has 0 fully saturated rings. The van der Waals surface area contributed by atoms with Crippen LogP contribution in [0.5, 0.6) is 5.75 Å². The third-order valence-corrected chi connectivity index (χ3v) is 3.51. The molecule has 1 atom stereocenters. The van der Waals surface area contributed by atoms with Crippen LogP contribution in [0.15, 0.2) is 28.9 Å². The molecule has 2 aromatic rings. The van der Waals surface area contributed by atoms with E-state index in [4.69, 9.17) is 4.74 Å². The standard InChI is InChI=1S/C13H14BrFN2O2/c1-3-17-12(10(19-2)7-16-17)13(18)8-5-4-6-9(14)11(8)15/h4-7,13,18H,3H2,1-2H3. The van der Waals surface area contributed by atoms with Gasteiger partial charge in [-0.2, -0.15) is 5.10 Å². The lowest BCUT2D eigenvalue weighted by molar-refractivity contribution is 0.197. The first-order valence-corrected chi connectivity index (χ1v) is 6.61. The molecule has 0 aliphatic heterocycles. The minimum Gasteiger partial charge on any atom is -0.493 e. The molecule has 0 spiro atoms. The van der Waals surface area contributed by atoms with Gasteiger partial charge in [-0.05, 0) is 28.9 Å². The Morgan fingerprint density at radius 2 is 2.26 bits per heavy atom. The van der Waals surface area contributed by atoms with Gasteiger partial charge in [0.1, 0.15) is 17.6 Å².